The Balaban J connectivity index is 1.61. The van der Waals surface area contributed by atoms with Crippen LogP contribution in [0.1, 0.15) is 39.9 Å². The third-order valence-corrected chi connectivity index (χ3v) is 8.20. The van der Waals surface area contributed by atoms with Gasteiger partial charge < -0.3 is 29.5 Å². The second-order valence-electron chi connectivity index (χ2n) is 9.70. The molecule has 0 bridgehead atoms. The number of rotatable bonds is 9. The highest BCUT2D eigenvalue weighted by Crippen LogP contribution is 2.45. The van der Waals surface area contributed by atoms with Gasteiger partial charge in [0.2, 0.25) is 5.91 Å². The van der Waals surface area contributed by atoms with E-state index >= 15 is 0 Å². The van der Waals surface area contributed by atoms with E-state index in [2.05, 4.69) is 22.2 Å². The third kappa shape index (κ3) is 5.89. The van der Waals surface area contributed by atoms with Crippen molar-refractivity contribution in [2.75, 3.05) is 73.8 Å². The van der Waals surface area contributed by atoms with Gasteiger partial charge in [-0.3, -0.25) is 9.59 Å². The SMILES string of the molecule is COc1cc2c(cc1OC)[C@@H](C(=O)NCCCN1CCN(C)CC1)[C@@H](c1ccc(SC)cc1)N(C)C2=O. The molecule has 1 N–H and O–H groups in total. The number of carbonyl (C=O) groups excluding carboxylic acids is 2. The number of methoxy groups -OCH3 is 2. The van der Waals surface area contributed by atoms with Gasteiger partial charge in [0.1, 0.15) is 0 Å². The van der Waals surface area contributed by atoms with Crippen molar-refractivity contribution in [2.24, 2.45) is 0 Å². The van der Waals surface area contributed by atoms with Crippen molar-refractivity contribution in [3.63, 3.8) is 0 Å². The summed E-state index contributed by atoms with van der Waals surface area (Å²) in [6.45, 7) is 5.81. The van der Waals surface area contributed by atoms with Crippen LogP contribution in [0.3, 0.4) is 0 Å². The maximum atomic E-state index is 13.8. The molecule has 4 rings (SSSR count). The van der Waals surface area contributed by atoms with Gasteiger partial charge in [-0.15, -0.1) is 11.8 Å². The van der Waals surface area contributed by atoms with Gasteiger partial charge in [-0.25, -0.2) is 0 Å². The average molecular weight is 527 g/mol. The molecule has 2 aromatic carbocycles. The van der Waals surface area contributed by atoms with Crippen LogP contribution in [-0.2, 0) is 4.79 Å². The van der Waals surface area contributed by atoms with Gasteiger partial charge in [-0.2, -0.15) is 0 Å². The fraction of sp³-hybridized carbons (Fsp3) is 0.500. The van der Waals surface area contributed by atoms with Crippen LogP contribution >= 0.6 is 11.8 Å². The smallest absolute Gasteiger partial charge is 0.254 e. The fourth-order valence-electron chi connectivity index (χ4n) is 5.24. The Morgan fingerprint density at radius 1 is 1.03 bits per heavy atom. The van der Waals surface area contributed by atoms with E-state index in [1.807, 2.05) is 30.5 Å². The molecular weight excluding hydrogens is 488 g/mol. The van der Waals surface area contributed by atoms with Gasteiger partial charge in [0, 0.05) is 50.2 Å². The Kier molecular flexibility index (Phi) is 9.00. The number of benzene rings is 2. The first kappa shape index (κ1) is 27.3. The lowest BCUT2D eigenvalue weighted by atomic mass is 9.79. The maximum absolute atomic E-state index is 13.8. The van der Waals surface area contributed by atoms with Crippen LogP contribution in [0.15, 0.2) is 41.3 Å². The summed E-state index contributed by atoms with van der Waals surface area (Å²) >= 11 is 1.66. The van der Waals surface area contributed by atoms with Gasteiger partial charge in [0.05, 0.1) is 26.2 Å². The van der Waals surface area contributed by atoms with Gasteiger partial charge in [-0.05, 0) is 61.7 Å². The topological polar surface area (TPSA) is 74.4 Å². The molecule has 2 atom stereocenters. The number of hydrogen-bond donors (Lipinski definition) is 1. The van der Waals surface area contributed by atoms with E-state index in [0.29, 0.717) is 29.2 Å². The number of likely N-dealkylation sites (N-methyl/N-ethyl adjacent to an activating group) is 2. The zero-order chi connectivity index (χ0) is 26.5. The summed E-state index contributed by atoms with van der Waals surface area (Å²) in [7, 11) is 7.02. The minimum Gasteiger partial charge on any atom is -0.493 e. The number of hydrogen-bond acceptors (Lipinski definition) is 7. The van der Waals surface area contributed by atoms with E-state index in [4.69, 9.17) is 9.47 Å². The van der Waals surface area contributed by atoms with Gasteiger partial charge in [0.25, 0.3) is 5.91 Å². The molecular formula is C28H38N4O4S. The lowest BCUT2D eigenvalue weighted by Crippen LogP contribution is -2.47. The standard InChI is InChI=1S/C28H38N4O4S/c1-30-13-15-32(16-14-30)12-6-11-29-27(33)25-21-17-23(35-3)24(36-4)18-22(21)28(34)31(2)26(25)19-7-9-20(37-5)10-8-19/h7-10,17-18,25-26H,6,11-16H2,1-5H3,(H,29,33)/t25-,26-/m1/s1. The molecule has 2 heterocycles. The first-order valence-corrected chi connectivity index (χ1v) is 14.0. The minimum atomic E-state index is -0.582. The van der Waals surface area contributed by atoms with Crippen LogP contribution in [0.25, 0.3) is 0 Å². The van der Waals surface area contributed by atoms with E-state index in [9.17, 15) is 9.59 Å². The molecule has 0 aliphatic carbocycles. The Labute approximate surface area is 224 Å². The monoisotopic (exact) mass is 526 g/mol. The van der Waals surface area contributed by atoms with Crippen molar-refractivity contribution < 1.29 is 19.1 Å². The molecule has 37 heavy (non-hydrogen) atoms. The summed E-state index contributed by atoms with van der Waals surface area (Å²) in [5.74, 6) is 0.153. The van der Waals surface area contributed by atoms with E-state index in [1.165, 1.54) is 0 Å². The molecule has 0 unspecified atom stereocenters. The number of nitrogens with zero attached hydrogens (tertiary/aromatic N) is 3. The molecule has 0 aromatic heterocycles. The summed E-state index contributed by atoms with van der Waals surface area (Å²) in [5, 5.41) is 3.18. The van der Waals surface area contributed by atoms with Crippen molar-refractivity contribution in [3.8, 4) is 11.5 Å². The second kappa shape index (κ2) is 12.2. The molecule has 200 valence electrons. The van der Waals surface area contributed by atoms with Crippen molar-refractivity contribution in [2.45, 2.75) is 23.3 Å². The minimum absolute atomic E-state index is 0.0925. The summed E-state index contributed by atoms with van der Waals surface area (Å²) in [5.41, 5.74) is 2.05. The van der Waals surface area contributed by atoms with Crippen molar-refractivity contribution in [3.05, 3.63) is 53.1 Å². The highest BCUT2D eigenvalue weighted by molar-refractivity contribution is 7.98. The molecule has 1 fully saturated rings. The van der Waals surface area contributed by atoms with Crippen LogP contribution in [0.4, 0.5) is 0 Å². The number of carbonyl (C=O) groups is 2. The molecule has 8 nitrogen and oxygen atoms in total. The van der Waals surface area contributed by atoms with Crippen LogP contribution in [-0.4, -0.2) is 100 Å². The Bertz CT molecular complexity index is 1100. The number of piperazine rings is 1. The maximum Gasteiger partial charge on any atom is 0.254 e. The second-order valence-corrected chi connectivity index (χ2v) is 10.6. The molecule has 2 amide bonds. The average Bonchev–Trinajstić information content (AvgIpc) is 2.93. The molecule has 1 saturated heterocycles. The summed E-state index contributed by atoms with van der Waals surface area (Å²) in [4.78, 5) is 34.9. The first-order valence-electron chi connectivity index (χ1n) is 12.7. The van der Waals surface area contributed by atoms with E-state index in [1.54, 1.807) is 50.1 Å². The number of ether oxygens (including phenoxy) is 2. The fourth-order valence-corrected chi connectivity index (χ4v) is 5.65. The summed E-state index contributed by atoms with van der Waals surface area (Å²) in [6, 6.07) is 11.1. The quantitative estimate of drug-likeness (QED) is 0.398. The number of fused-ring (bicyclic) bond motifs is 1. The van der Waals surface area contributed by atoms with Gasteiger partial charge in [-0.1, -0.05) is 12.1 Å². The number of nitrogens with one attached hydrogen (secondary N) is 1. The highest BCUT2D eigenvalue weighted by atomic mass is 32.2. The van der Waals surface area contributed by atoms with Crippen LogP contribution in [0, 0.1) is 0 Å². The zero-order valence-electron chi connectivity index (χ0n) is 22.5. The Hall–Kier alpha value is -2.75. The lowest BCUT2D eigenvalue weighted by molar-refractivity contribution is -0.124. The number of thioether (sulfide) groups is 1. The van der Waals surface area contributed by atoms with E-state index in [0.717, 1.165) is 49.6 Å². The van der Waals surface area contributed by atoms with Gasteiger partial charge >= 0.3 is 0 Å². The predicted molar refractivity (Wildman–Crippen MR) is 147 cm³/mol. The zero-order valence-corrected chi connectivity index (χ0v) is 23.3. The van der Waals surface area contributed by atoms with E-state index < -0.39 is 12.0 Å². The van der Waals surface area contributed by atoms with E-state index in [-0.39, 0.29) is 11.8 Å². The Morgan fingerprint density at radius 3 is 2.30 bits per heavy atom. The van der Waals surface area contributed by atoms with Crippen molar-refractivity contribution in [1.29, 1.82) is 0 Å². The Morgan fingerprint density at radius 2 is 1.68 bits per heavy atom. The number of amides is 2. The molecule has 0 spiro atoms. The molecule has 0 saturated carbocycles. The first-order chi connectivity index (χ1) is 17.9. The van der Waals surface area contributed by atoms with Crippen LogP contribution in [0.5, 0.6) is 11.5 Å². The largest absolute Gasteiger partial charge is 0.493 e. The van der Waals surface area contributed by atoms with Gasteiger partial charge in [0.15, 0.2) is 11.5 Å². The van der Waals surface area contributed by atoms with Crippen molar-refractivity contribution >= 4 is 23.6 Å². The highest BCUT2D eigenvalue weighted by Gasteiger charge is 2.43. The normalized spacial score (nSPS) is 20.5. The molecule has 2 aliphatic rings. The summed E-state index contributed by atoms with van der Waals surface area (Å²) < 4.78 is 11.0. The lowest BCUT2D eigenvalue weighted by Gasteiger charge is -2.40. The van der Waals surface area contributed by atoms with Crippen LogP contribution in [0.2, 0.25) is 0 Å². The van der Waals surface area contributed by atoms with Crippen molar-refractivity contribution in [1.82, 2.24) is 20.0 Å². The molecule has 0 radical (unpaired) electrons. The third-order valence-electron chi connectivity index (χ3n) is 7.46. The molecule has 2 aromatic rings. The van der Waals surface area contributed by atoms with Crippen LogP contribution < -0.4 is 14.8 Å². The predicted octanol–water partition coefficient (Wildman–Crippen LogP) is 3.09. The molecule has 9 heteroatoms. The summed E-state index contributed by atoms with van der Waals surface area (Å²) in [6.07, 6.45) is 2.91. The molecule has 2 aliphatic heterocycles.